The lowest BCUT2D eigenvalue weighted by Crippen LogP contribution is -1.97. The van der Waals surface area contributed by atoms with Gasteiger partial charge in [-0.05, 0) is 25.5 Å². The second-order valence-corrected chi connectivity index (χ2v) is 4.08. The second kappa shape index (κ2) is 6.04. The highest BCUT2D eigenvalue weighted by molar-refractivity contribution is 5.67. The average molecular weight is 260 g/mol. The lowest BCUT2D eigenvalue weighted by molar-refractivity contribution is -0.136. The SMILES string of the molecule is CCOc1ccccc1-c1ncc(CCC(=O)O)[nH]1. The summed E-state index contributed by atoms with van der Waals surface area (Å²) in [7, 11) is 0. The smallest absolute Gasteiger partial charge is 0.303 e. The highest BCUT2D eigenvalue weighted by atomic mass is 16.5. The Kier molecular flexibility index (Phi) is 4.18. The summed E-state index contributed by atoms with van der Waals surface area (Å²) in [5.41, 5.74) is 1.69. The number of hydrogen-bond donors (Lipinski definition) is 2. The molecule has 5 nitrogen and oxygen atoms in total. The first-order chi connectivity index (χ1) is 9.20. The highest BCUT2D eigenvalue weighted by Crippen LogP contribution is 2.27. The molecule has 19 heavy (non-hydrogen) atoms. The van der Waals surface area contributed by atoms with Crippen molar-refractivity contribution < 1.29 is 14.6 Å². The third-order valence-corrected chi connectivity index (χ3v) is 2.68. The normalized spacial score (nSPS) is 10.4. The molecule has 0 aliphatic rings. The van der Waals surface area contributed by atoms with Crippen molar-refractivity contribution in [3.63, 3.8) is 0 Å². The van der Waals surface area contributed by atoms with Crippen molar-refractivity contribution >= 4 is 5.97 Å². The van der Waals surface area contributed by atoms with Crippen molar-refractivity contribution in [1.82, 2.24) is 9.97 Å². The number of nitrogens with one attached hydrogen (secondary N) is 1. The van der Waals surface area contributed by atoms with Gasteiger partial charge in [0.15, 0.2) is 0 Å². The van der Waals surface area contributed by atoms with Crippen molar-refractivity contribution in [3.8, 4) is 17.1 Å². The molecule has 0 saturated heterocycles. The van der Waals surface area contributed by atoms with E-state index in [-0.39, 0.29) is 6.42 Å². The summed E-state index contributed by atoms with van der Waals surface area (Å²) >= 11 is 0. The summed E-state index contributed by atoms with van der Waals surface area (Å²) in [5.74, 6) is 0.652. The minimum atomic E-state index is -0.814. The number of aromatic amines is 1. The topological polar surface area (TPSA) is 75.2 Å². The lowest BCUT2D eigenvalue weighted by Gasteiger charge is -2.07. The molecule has 0 saturated carbocycles. The first kappa shape index (κ1) is 13.1. The molecule has 1 aromatic heterocycles. The molecule has 1 aromatic carbocycles. The molecule has 0 spiro atoms. The van der Waals surface area contributed by atoms with Crippen LogP contribution < -0.4 is 4.74 Å². The summed E-state index contributed by atoms with van der Waals surface area (Å²) in [6.07, 6.45) is 2.20. The number of aryl methyl sites for hydroxylation is 1. The number of para-hydroxylation sites is 1. The van der Waals surface area contributed by atoms with E-state index in [0.29, 0.717) is 18.9 Å². The number of nitrogens with zero attached hydrogens (tertiary/aromatic N) is 1. The lowest BCUT2D eigenvalue weighted by atomic mass is 10.2. The van der Waals surface area contributed by atoms with E-state index in [1.165, 1.54) is 0 Å². The zero-order valence-corrected chi connectivity index (χ0v) is 10.7. The number of hydrogen-bond acceptors (Lipinski definition) is 3. The number of aromatic nitrogens is 2. The molecule has 2 aromatic rings. The second-order valence-electron chi connectivity index (χ2n) is 4.08. The molecule has 2 N–H and O–H groups in total. The van der Waals surface area contributed by atoms with E-state index in [9.17, 15) is 4.79 Å². The summed E-state index contributed by atoms with van der Waals surface area (Å²) in [5, 5.41) is 8.66. The Balaban J connectivity index is 2.20. The fourth-order valence-electron chi connectivity index (χ4n) is 1.81. The number of H-pyrrole nitrogens is 1. The van der Waals surface area contributed by atoms with Crippen LogP contribution >= 0.6 is 0 Å². The van der Waals surface area contributed by atoms with Crippen LogP contribution in [0.5, 0.6) is 5.75 Å². The van der Waals surface area contributed by atoms with Crippen molar-refractivity contribution in [3.05, 3.63) is 36.2 Å². The number of aliphatic carboxylic acids is 1. The number of carbonyl (C=O) groups is 1. The third-order valence-electron chi connectivity index (χ3n) is 2.68. The van der Waals surface area contributed by atoms with Gasteiger partial charge in [-0.15, -0.1) is 0 Å². The Bertz CT molecular complexity index is 563. The third kappa shape index (κ3) is 3.34. The maximum absolute atomic E-state index is 10.5. The van der Waals surface area contributed by atoms with Crippen molar-refractivity contribution in [2.45, 2.75) is 19.8 Å². The Hall–Kier alpha value is -2.30. The van der Waals surface area contributed by atoms with E-state index in [0.717, 1.165) is 17.0 Å². The Labute approximate surface area is 111 Å². The van der Waals surface area contributed by atoms with Crippen LogP contribution in [-0.4, -0.2) is 27.7 Å². The zero-order chi connectivity index (χ0) is 13.7. The van der Waals surface area contributed by atoms with Gasteiger partial charge in [0.1, 0.15) is 11.6 Å². The quantitative estimate of drug-likeness (QED) is 0.836. The van der Waals surface area contributed by atoms with Crippen molar-refractivity contribution in [2.75, 3.05) is 6.61 Å². The predicted octanol–water partition coefficient (Wildman–Crippen LogP) is 2.49. The average Bonchev–Trinajstić information content (AvgIpc) is 2.86. The van der Waals surface area contributed by atoms with E-state index in [1.807, 2.05) is 31.2 Å². The van der Waals surface area contributed by atoms with Crippen LogP contribution in [0.15, 0.2) is 30.5 Å². The van der Waals surface area contributed by atoms with E-state index < -0.39 is 5.97 Å². The van der Waals surface area contributed by atoms with Gasteiger partial charge in [-0.25, -0.2) is 4.98 Å². The van der Waals surface area contributed by atoms with E-state index in [1.54, 1.807) is 6.20 Å². The molecule has 0 fully saturated rings. The molecule has 0 radical (unpaired) electrons. The van der Waals surface area contributed by atoms with Crippen LogP contribution in [0.1, 0.15) is 19.0 Å². The fourth-order valence-corrected chi connectivity index (χ4v) is 1.81. The van der Waals surface area contributed by atoms with Gasteiger partial charge in [0.25, 0.3) is 0 Å². The van der Waals surface area contributed by atoms with Crippen molar-refractivity contribution in [2.24, 2.45) is 0 Å². The summed E-state index contributed by atoms with van der Waals surface area (Å²) in [6.45, 7) is 2.51. The number of ether oxygens (including phenoxy) is 1. The highest BCUT2D eigenvalue weighted by Gasteiger charge is 2.09. The van der Waals surface area contributed by atoms with Crippen LogP contribution in [0.25, 0.3) is 11.4 Å². The summed E-state index contributed by atoms with van der Waals surface area (Å²) in [6, 6.07) is 7.63. The van der Waals surface area contributed by atoms with Crippen LogP contribution in [0.3, 0.4) is 0 Å². The van der Waals surface area contributed by atoms with E-state index in [4.69, 9.17) is 9.84 Å². The van der Waals surface area contributed by atoms with Crippen LogP contribution in [0, 0.1) is 0 Å². The molecule has 0 unspecified atom stereocenters. The maximum Gasteiger partial charge on any atom is 0.303 e. The predicted molar refractivity (Wildman–Crippen MR) is 71.1 cm³/mol. The van der Waals surface area contributed by atoms with E-state index in [2.05, 4.69) is 9.97 Å². The number of rotatable bonds is 6. The Morgan fingerprint density at radius 3 is 2.95 bits per heavy atom. The summed E-state index contributed by atoms with van der Waals surface area (Å²) in [4.78, 5) is 17.9. The Morgan fingerprint density at radius 1 is 1.42 bits per heavy atom. The minimum absolute atomic E-state index is 0.0920. The number of carboxylic acids is 1. The first-order valence-electron chi connectivity index (χ1n) is 6.18. The van der Waals surface area contributed by atoms with Gasteiger partial charge in [0.05, 0.1) is 18.6 Å². The molecule has 1 heterocycles. The zero-order valence-electron chi connectivity index (χ0n) is 10.7. The molecule has 0 aliphatic carbocycles. The molecule has 2 rings (SSSR count). The summed E-state index contributed by atoms with van der Waals surface area (Å²) < 4.78 is 5.54. The fraction of sp³-hybridized carbons (Fsp3) is 0.286. The van der Waals surface area contributed by atoms with Gasteiger partial charge < -0.3 is 14.8 Å². The molecular formula is C14H16N2O3. The van der Waals surface area contributed by atoms with Gasteiger partial charge in [-0.3, -0.25) is 4.79 Å². The minimum Gasteiger partial charge on any atom is -0.493 e. The Morgan fingerprint density at radius 2 is 2.21 bits per heavy atom. The monoisotopic (exact) mass is 260 g/mol. The van der Waals surface area contributed by atoms with Crippen LogP contribution in [0.2, 0.25) is 0 Å². The van der Waals surface area contributed by atoms with Gasteiger partial charge >= 0.3 is 5.97 Å². The molecule has 100 valence electrons. The molecule has 0 atom stereocenters. The van der Waals surface area contributed by atoms with Crippen molar-refractivity contribution in [1.29, 1.82) is 0 Å². The van der Waals surface area contributed by atoms with Crippen LogP contribution in [0.4, 0.5) is 0 Å². The maximum atomic E-state index is 10.5. The van der Waals surface area contributed by atoms with Gasteiger partial charge in [-0.1, -0.05) is 12.1 Å². The number of benzene rings is 1. The van der Waals surface area contributed by atoms with Gasteiger partial charge in [0, 0.05) is 11.9 Å². The molecule has 5 heteroatoms. The molecule has 0 bridgehead atoms. The van der Waals surface area contributed by atoms with Gasteiger partial charge in [0.2, 0.25) is 0 Å². The number of carboxylic acid groups (broad SMARTS) is 1. The molecular weight excluding hydrogens is 244 g/mol. The number of imidazole rings is 1. The first-order valence-corrected chi connectivity index (χ1v) is 6.18. The standard InChI is InChI=1S/C14H16N2O3/c1-2-19-12-6-4-3-5-11(12)14-15-9-10(16-14)7-8-13(17)18/h3-6,9H,2,7-8H2,1H3,(H,15,16)(H,17,18). The van der Waals surface area contributed by atoms with Crippen LogP contribution in [-0.2, 0) is 11.2 Å². The largest absolute Gasteiger partial charge is 0.493 e. The molecule has 0 aliphatic heterocycles. The van der Waals surface area contributed by atoms with Gasteiger partial charge in [-0.2, -0.15) is 0 Å². The van der Waals surface area contributed by atoms with E-state index >= 15 is 0 Å². The molecule has 0 amide bonds.